The number of hydrogen-bond acceptors (Lipinski definition) is 3. The van der Waals surface area contributed by atoms with Gasteiger partial charge in [0.2, 0.25) is 5.90 Å². The molecule has 2 heterocycles. The maximum atomic E-state index is 11.0. The lowest BCUT2D eigenvalue weighted by Crippen LogP contribution is -2.24. The van der Waals surface area contributed by atoms with Gasteiger partial charge in [-0.05, 0) is 17.7 Å². The molecule has 0 unspecified atom stereocenters. The zero-order chi connectivity index (χ0) is 9.26. The van der Waals surface area contributed by atoms with Gasteiger partial charge in [0, 0.05) is 13.0 Å². The van der Waals surface area contributed by atoms with Crippen LogP contribution in [0.5, 0.6) is 0 Å². The highest BCUT2D eigenvalue weighted by molar-refractivity contribution is 6.29. The highest BCUT2D eigenvalue weighted by Gasteiger charge is 2.21. The number of nitrogens with zero attached hydrogens (tertiary/aromatic N) is 2. The quantitative estimate of drug-likeness (QED) is 0.683. The molecule has 70 valence electrons. The second kappa shape index (κ2) is 3.26. The highest BCUT2D eigenvalue weighted by atomic mass is 35.5. The lowest BCUT2D eigenvalue weighted by molar-refractivity contribution is 0.218. The third kappa shape index (κ3) is 1.75. The number of carbonyl (C=O) groups is 1. The minimum Gasteiger partial charge on any atom is -0.429 e. The van der Waals surface area contributed by atoms with Crippen molar-refractivity contribution in [3.8, 4) is 0 Å². The highest BCUT2D eigenvalue weighted by Crippen LogP contribution is 2.16. The van der Waals surface area contributed by atoms with Crippen LogP contribution in [0.3, 0.4) is 0 Å². The molecule has 1 N–H and O–H groups in total. The number of halogens is 1. The lowest BCUT2D eigenvalue weighted by Gasteiger charge is -2.07. The van der Waals surface area contributed by atoms with Gasteiger partial charge in [-0.1, -0.05) is 0 Å². The predicted octanol–water partition coefficient (Wildman–Crippen LogP) is 0.826. The monoisotopic (exact) mass is 201 g/mol. The van der Waals surface area contributed by atoms with E-state index in [9.17, 15) is 4.79 Å². The normalized spacial score (nSPS) is 24.7. The number of urea groups is 1. The lowest BCUT2D eigenvalue weighted by atomic mass is 10.5. The fourth-order valence-electron chi connectivity index (χ4n) is 1.12. The van der Waals surface area contributed by atoms with Crippen molar-refractivity contribution in [1.29, 1.82) is 0 Å². The molecule has 1 fully saturated rings. The van der Waals surface area contributed by atoms with Crippen molar-refractivity contribution < 1.29 is 9.53 Å². The van der Waals surface area contributed by atoms with Crippen LogP contribution in [-0.2, 0) is 4.74 Å². The summed E-state index contributed by atoms with van der Waals surface area (Å²) in [5, 5.41) is 8.26. The summed E-state index contributed by atoms with van der Waals surface area (Å²) in [4.78, 5) is 11.0. The number of hydrazone groups is 1. The summed E-state index contributed by atoms with van der Waals surface area (Å²) < 4.78 is 5.03. The Kier molecular flexibility index (Phi) is 2.10. The second-order valence-corrected chi connectivity index (χ2v) is 3.04. The minimum atomic E-state index is -0.195. The Morgan fingerprint density at radius 3 is 3.08 bits per heavy atom. The Morgan fingerprint density at radius 1 is 1.69 bits per heavy atom. The van der Waals surface area contributed by atoms with Crippen LogP contribution >= 0.6 is 11.6 Å². The van der Waals surface area contributed by atoms with Crippen molar-refractivity contribution in [1.82, 2.24) is 10.3 Å². The first-order chi connectivity index (χ1) is 6.25. The first-order valence-corrected chi connectivity index (χ1v) is 4.30. The fourth-order valence-corrected chi connectivity index (χ4v) is 1.28. The number of ether oxygens (including phenoxy) is 1. The fraction of sp³-hybridized carbons (Fsp3) is 0.429. The zero-order valence-electron chi connectivity index (χ0n) is 6.79. The third-order valence-corrected chi connectivity index (χ3v) is 1.95. The second-order valence-electron chi connectivity index (χ2n) is 2.66. The van der Waals surface area contributed by atoms with Gasteiger partial charge >= 0.3 is 6.03 Å². The van der Waals surface area contributed by atoms with Crippen LogP contribution in [-0.4, -0.2) is 30.0 Å². The molecule has 2 amide bonds. The van der Waals surface area contributed by atoms with Gasteiger partial charge in [0.05, 0.1) is 6.54 Å². The number of rotatable bonds is 1. The smallest absolute Gasteiger partial charge is 0.338 e. The number of nitrogens with one attached hydrogen (secondary N) is 1. The van der Waals surface area contributed by atoms with E-state index in [1.165, 1.54) is 5.01 Å². The molecule has 0 aliphatic carbocycles. The van der Waals surface area contributed by atoms with E-state index in [0.29, 0.717) is 30.6 Å². The van der Waals surface area contributed by atoms with Crippen molar-refractivity contribution in [2.75, 3.05) is 13.1 Å². The molecule has 6 heteroatoms. The summed E-state index contributed by atoms with van der Waals surface area (Å²) >= 11 is 5.57. The topological polar surface area (TPSA) is 53.9 Å². The molecule has 0 bridgehead atoms. The predicted molar refractivity (Wildman–Crippen MR) is 47.2 cm³/mol. The molecule has 2 aliphatic rings. The van der Waals surface area contributed by atoms with Crippen LogP contribution in [0.25, 0.3) is 0 Å². The molecule has 0 atom stereocenters. The van der Waals surface area contributed by atoms with E-state index in [1.807, 2.05) is 0 Å². The van der Waals surface area contributed by atoms with E-state index < -0.39 is 0 Å². The van der Waals surface area contributed by atoms with E-state index in [0.717, 1.165) is 0 Å². The summed E-state index contributed by atoms with van der Waals surface area (Å²) in [5.74, 6) is 0.460. The van der Waals surface area contributed by atoms with Gasteiger partial charge in [0.25, 0.3) is 0 Å². The molecule has 0 aromatic heterocycles. The Morgan fingerprint density at radius 2 is 2.54 bits per heavy atom. The molecule has 0 radical (unpaired) electrons. The third-order valence-electron chi connectivity index (χ3n) is 1.72. The van der Waals surface area contributed by atoms with Gasteiger partial charge in [0.15, 0.2) is 5.22 Å². The molecule has 0 spiro atoms. The van der Waals surface area contributed by atoms with Crippen LogP contribution < -0.4 is 5.32 Å². The van der Waals surface area contributed by atoms with Crippen molar-refractivity contribution >= 4 is 23.5 Å². The van der Waals surface area contributed by atoms with E-state index in [1.54, 1.807) is 6.08 Å². The Labute approximate surface area is 80.0 Å². The first kappa shape index (κ1) is 8.37. The molecule has 0 aromatic carbocycles. The van der Waals surface area contributed by atoms with E-state index >= 15 is 0 Å². The maximum Gasteiger partial charge on any atom is 0.338 e. The molecule has 13 heavy (non-hydrogen) atoms. The van der Waals surface area contributed by atoms with E-state index in [4.69, 9.17) is 16.3 Å². The number of carbonyl (C=O) groups excluding carboxylic acids is 1. The van der Waals surface area contributed by atoms with E-state index in [-0.39, 0.29) is 6.03 Å². The molecular weight excluding hydrogens is 194 g/mol. The van der Waals surface area contributed by atoms with Gasteiger partial charge in [-0.2, -0.15) is 0 Å². The van der Waals surface area contributed by atoms with Gasteiger partial charge in [-0.3, -0.25) is 0 Å². The van der Waals surface area contributed by atoms with E-state index in [2.05, 4.69) is 10.4 Å². The molecular formula is C7H8ClN3O2. The summed E-state index contributed by atoms with van der Waals surface area (Å²) in [6.07, 6.45) is 2.25. The standard InChI is InChI=1S/C7H8ClN3O2/c8-5-1-2-6(13-5)10-11-4-3-9-7(11)12/h1H,2-4H2,(H,9,12)/b10-6-. The number of hydrogen-bond donors (Lipinski definition) is 1. The molecule has 1 saturated heterocycles. The van der Waals surface area contributed by atoms with Crippen LogP contribution in [0.1, 0.15) is 6.42 Å². The van der Waals surface area contributed by atoms with Crippen molar-refractivity contribution in [2.24, 2.45) is 5.10 Å². The zero-order valence-corrected chi connectivity index (χ0v) is 7.54. The van der Waals surface area contributed by atoms with Crippen LogP contribution in [0.15, 0.2) is 16.4 Å². The molecule has 5 nitrogen and oxygen atoms in total. The van der Waals surface area contributed by atoms with Gasteiger partial charge < -0.3 is 10.1 Å². The van der Waals surface area contributed by atoms with Crippen molar-refractivity contribution in [2.45, 2.75) is 6.42 Å². The molecule has 2 aliphatic heterocycles. The summed E-state index contributed by atoms with van der Waals surface area (Å²) in [7, 11) is 0. The van der Waals surface area contributed by atoms with Gasteiger partial charge in [-0.15, -0.1) is 5.10 Å². The first-order valence-electron chi connectivity index (χ1n) is 3.92. The summed E-state index contributed by atoms with van der Waals surface area (Å²) in [5.41, 5.74) is 0. The molecule has 0 aromatic rings. The summed E-state index contributed by atoms with van der Waals surface area (Å²) in [6, 6.07) is -0.195. The van der Waals surface area contributed by atoms with Gasteiger partial charge in [0.1, 0.15) is 0 Å². The largest absolute Gasteiger partial charge is 0.429 e. The molecule has 2 rings (SSSR count). The summed E-state index contributed by atoms with van der Waals surface area (Å²) in [6.45, 7) is 1.19. The Balaban J connectivity index is 2.00. The Hall–Kier alpha value is -1.23. The van der Waals surface area contributed by atoms with Crippen molar-refractivity contribution in [3.63, 3.8) is 0 Å². The average molecular weight is 202 g/mol. The number of amides is 2. The van der Waals surface area contributed by atoms with Gasteiger partial charge in [-0.25, -0.2) is 9.80 Å². The van der Waals surface area contributed by atoms with Crippen LogP contribution in [0.2, 0.25) is 0 Å². The molecule has 0 saturated carbocycles. The van der Waals surface area contributed by atoms with Crippen molar-refractivity contribution in [3.05, 3.63) is 11.3 Å². The van der Waals surface area contributed by atoms with Crippen LogP contribution in [0.4, 0.5) is 4.79 Å². The maximum absolute atomic E-state index is 11.0. The minimum absolute atomic E-state index is 0.195. The Bertz CT molecular complexity index is 300. The van der Waals surface area contributed by atoms with Crippen LogP contribution in [0, 0.1) is 0 Å². The SMILES string of the molecule is O=C1NCCN1/N=C1/CC=C(Cl)O1. The average Bonchev–Trinajstić information content (AvgIpc) is 2.64.